The second-order valence-corrected chi connectivity index (χ2v) is 31.2. The number of hydrogen-bond acceptors (Lipinski definition) is 19. The molecule has 0 aliphatic heterocycles. The van der Waals surface area contributed by atoms with Gasteiger partial charge in [0.15, 0.2) is 0 Å². The van der Waals surface area contributed by atoms with Gasteiger partial charge in [0.1, 0.15) is 66.4 Å². The van der Waals surface area contributed by atoms with Crippen LogP contribution >= 0.6 is 0 Å². The third kappa shape index (κ3) is 24.4. The lowest BCUT2D eigenvalue weighted by Gasteiger charge is -2.21. The third-order valence-corrected chi connectivity index (χ3v) is 18.1. The fraction of sp³-hybridized carbons (Fsp3) is 0.224. The molecule has 0 fully saturated rings. The molecule has 0 radical (unpaired) electrons. The number of amides is 7. The number of nitrogen functional groups attached to an aromatic ring is 1. The largest absolute Gasteiger partial charge is 0.497 e. The van der Waals surface area contributed by atoms with Crippen molar-refractivity contribution in [2.75, 3.05) is 39.5 Å². The number of anilines is 2. The zero-order valence-corrected chi connectivity index (χ0v) is 62.7. The van der Waals surface area contributed by atoms with E-state index in [2.05, 4.69) is 21.3 Å². The zero-order valence-electron chi connectivity index (χ0n) is 60.2. The van der Waals surface area contributed by atoms with Gasteiger partial charge in [-0.05, 0) is 223 Å². The van der Waals surface area contributed by atoms with Crippen LogP contribution in [0.3, 0.4) is 0 Å². The van der Waals surface area contributed by atoms with Crippen LogP contribution in [-0.2, 0) is 39.6 Å². The number of nitrogens with two attached hydrogens (primary N) is 1. The van der Waals surface area contributed by atoms with E-state index < -0.39 is 75.6 Å². The Bertz CT molecular complexity index is 4960. The number of benzene rings is 9. The molecule has 0 spiro atoms. The van der Waals surface area contributed by atoms with Crippen molar-refractivity contribution in [2.45, 2.75) is 101 Å². The summed E-state index contributed by atoms with van der Waals surface area (Å²) in [6.45, 7) is 16.8. The van der Waals surface area contributed by atoms with Crippen LogP contribution in [0.1, 0.15) is 79.6 Å². The van der Waals surface area contributed by atoms with Crippen molar-refractivity contribution in [2.24, 2.45) is 0 Å². The molecule has 0 saturated heterocycles. The average Bonchev–Trinajstić information content (AvgIpc) is 0.803. The molecule has 7 amide bonds. The molecule has 9 aromatic rings. The molecule has 29 heteroatoms. The van der Waals surface area contributed by atoms with Gasteiger partial charge in [0.25, 0.3) is 30.1 Å². The molecule has 0 aliphatic rings. The van der Waals surface area contributed by atoms with Crippen molar-refractivity contribution in [1.82, 2.24) is 30.1 Å². The highest BCUT2D eigenvalue weighted by Crippen LogP contribution is 2.37. The molecule has 0 bridgehead atoms. The molecule has 9 aromatic carbocycles. The summed E-state index contributed by atoms with van der Waals surface area (Å²) < 4.78 is 122. The molecule has 0 unspecified atom stereocenters. The highest BCUT2D eigenvalue weighted by molar-refractivity contribution is 7.90. The van der Waals surface area contributed by atoms with Gasteiger partial charge in [0.05, 0.1) is 34.0 Å². The first-order chi connectivity index (χ1) is 49.2. The lowest BCUT2D eigenvalue weighted by atomic mass is 10.1. The van der Waals surface area contributed by atoms with Crippen LogP contribution in [0.5, 0.6) is 51.7 Å². The number of carbonyl (C=O) groups excluding carboxylic acids is 5. The molecular formula is C76H84N8O18S3. The molecule has 0 aromatic heterocycles. The first kappa shape index (κ1) is 80.5. The predicted octanol–water partition coefficient (Wildman–Crippen LogP) is 14.1. The van der Waals surface area contributed by atoms with Crippen LogP contribution in [0.2, 0.25) is 0 Å². The summed E-state index contributed by atoms with van der Waals surface area (Å²) in [5.41, 5.74) is 9.60. The molecule has 0 heterocycles. The smallest absolute Gasteiger partial charge is 0.337 e. The van der Waals surface area contributed by atoms with Crippen molar-refractivity contribution in [3.8, 4) is 85.1 Å². The quantitative estimate of drug-likeness (QED) is 0.0259. The number of nitrogens with one attached hydrogen (secondary N) is 7. The molecule has 105 heavy (non-hydrogen) atoms. The van der Waals surface area contributed by atoms with E-state index in [4.69, 9.17) is 38.9 Å². The van der Waals surface area contributed by atoms with Gasteiger partial charge in [-0.2, -0.15) is 0 Å². The number of urea groups is 3. The first-order valence-corrected chi connectivity index (χ1v) is 36.6. The number of hydrogen-bond donors (Lipinski definition) is 8. The maximum absolute atomic E-state index is 13.1. The van der Waals surface area contributed by atoms with Crippen molar-refractivity contribution in [1.29, 1.82) is 0 Å². The summed E-state index contributed by atoms with van der Waals surface area (Å²) >= 11 is 0. The topological polar surface area (TPSA) is 363 Å². The van der Waals surface area contributed by atoms with Gasteiger partial charge in [-0.15, -0.1) is 0 Å². The van der Waals surface area contributed by atoms with E-state index >= 15 is 0 Å². The molecule has 26 nitrogen and oxygen atoms in total. The Morgan fingerprint density at radius 2 is 0.667 bits per heavy atom. The lowest BCUT2D eigenvalue weighted by molar-refractivity contribution is -0.114. The van der Waals surface area contributed by atoms with Gasteiger partial charge in [0, 0.05) is 34.9 Å². The molecule has 0 saturated carbocycles. The third-order valence-electron chi connectivity index (χ3n) is 14.1. The fourth-order valence-corrected chi connectivity index (χ4v) is 12.7. The number of methoxy groups -OCH3 is 4. The Labute approximate surface area is 611 Å². The normalized spacial score (nSPS) is 11.4. The first-order valence-electron chi connectivity index (χ1n) is 32.1. The Morgan fingerprint density at radius 1 is 0.352 bits per heavy atom. The van der Waals surface area contributed by atoms with Crippen LogP contribution in [0, 0.1) is 0 Å². The van der Waals surface area contributed by atoms with Gasteiger partial charge in [-0.1, -0.05) is 72.8 Å². The molecular weight excluding hydrogens is 1410 g/mol. The molecule has 554 valence electrons. The Morgan fingerprint density at radius 3 is 0.981 bits per heavy atom. The van der Waals surface area contributed by atoms with E-state index in [0.29, 0.717) is 17.2 Å². The molecule has 0 atom stereocenters. The zero-order chi connectivity index (χ0) is 77.2. The lowest BCUT2D eigenvalue weighted by Crippen LogP contribution is -2.48. The summed E-state index contributed by atoms with van der Waals surface area (Å²) in [5, 5.41) is 10.2. The van der Waals surface area contributed by atoms with E-state index in [9.17, 15) is 49.2 Å². The highest BCUT2D eigenvalue weighted by Gasteiger charge is 2.30. The Kier molecular flexibility index (Phi) is 26.4. The fourth-order valence-electron chi connectivity index (χ4n) is 9.53. The summed E-state index contributed by atoms with van der Waals surface area (Å²) in [6, 6.07) is 53.3. The van der Waals surface area contributed by atoms with Crippen LogP contribution in [-0.4, -0.2) is 100 Å². The van der Waals surface area contributed by atoms with Crippen LogP contribution in [0.25, 0.3) is 33.4 Å². The summed E-state index contributed by atoms with van der Waals surface area (Å²) in [4.78, 5) is 59.4. The average molecular weight is 1490 g/mol. The number of rotatable bonds is 20. The number of carbonyl (C=O) groups is 5. The van der Waals surface area contributed by atoms with Crippen molar-refractivity contribution in [3.63, 3.8) is 0 Å². The SMILES string of the molecule is COC(=O)c1ccc(Oc2cccc(-c3ccc(OC)cc3)c2)c(S(=O)(=O)NC(=O)NC(C)(C)C)c1.COc1ccc(-c2cccc(Oc3ccc(N)cc3S(=O)(=O)NC(=O)NC(C)(C)C)c2)cc1.COc1ccc(-c2cccc(Oc3ccc(NC(C)=O)cc3S(=O)(=O)NC(=O)NC(C)(C)C)c2)cc1. The molecule has 9 rings (SSSR count). The summed E-state index contributed by atoms with van der Waals surface area (Å²) in [5.74, 6) is 2.16. The second-order valence-electron chi connectivity index (χ2n) is 26.2. The van der Waals surface area contributed by atoms with E-state index in [-0.39, 0.29) is 49.9 Å². The minimum atomic E-state index is -4.43. The number of sulfonamides is 3. The maximum atomic E-state index is 13.1. The standard InChI is InChI=1S/C26H29N3O6S.C26H28N2O7S.C24H27N3O5S/c1-17(30)27-20-11-14-23(24(16-20)36(32,33)29-25(31)28-26(2,3)4)35-22-8-6-7-19(15-22)18-9-12-21(34-5)13-10-18;1-26(2,3)27-25(30)28-36(31,32)23-16-19(24(29)34-5)11-14-22(23)35-21-8-6-7-18(15-21)17-9-12-20(33-4)13-10-17;1-24(2,3)26-23(28)27-33(29,30)22-15-18(25)10-13-21(22)32-20-7-5-6-17(14-20)16-8-11-19(31-4)12-9-16/h6-16H,1-5H3,(H,27,30)(H2,28,29,31);6-16H,1-5H3,(H2,27,28,30);5-15H,25H2,1-4H3,(H2,26,27,28). The van der Waals surface area contributed by atoms with Gasteiger partial charge in [-0.25, -0.2) is 58.6 Å². The maximum Gasteiger partial charge on any atom is 0.337 e. The van der Waals surface area contributed by atoms with Crippen LogP contribution in [0.4, 0.5) is 25.8 Å². The van der Waals surface area contributed by atoms with Crippen molar-refractivity contribution >= 4 is 71.4 Å². The summed E-state index contributed by atoms with van der Waals surface area (Å²) in [6.07, 6.45) is 0. The predicted molar refractivity (Wildman–Crippen MR) is 401 cm³/mol. The molecule has 0 aliphatic carbocycles. The molecule has 9 N–H and O–H groups in total. The van der Waals surface area contributed by atoms with E-state index in [1.54, 1.807) is 138 Å². The van der Waals surface area contributed by atoms with Gasteiger partial charge in [0.2, 0.25) is 5.91 Å². The second kappa shape index (κ2) is 34.4. The van der Waals surface area contributed by atoms with Gasteiger partial charge in [-0.3, -0.25) is 4.79 Å². The van der Waals surface area contributed by atoms with Crippen molar-refractivity contribution < 1.29 is 82.4 Å². The minimum absolute atomic E-state index is 0.0200. The van der Waals surface area contributed by atoms with Gasteiger partial charge < -0.3 is 60.2 Å². The van der Waals surface area contributed by atoms with E-state index in [0.717, 1.165) is 56.7 Å². The van der Waals surface area contributed by atoms with Gasteiger partial charge >= 0.3 is 24.1 Å². The monoisotopic (exact) mass is 1490 g/mol. The summed E-state index contributed by atoms with van der Waals surface area (Å²) in [7, 11) is -7.09. The van der Waals surface area contributed by atoms with Crippen LogP contribution in [0.15, 0.2) is 215 Å². The Balaban J connectivity index is 0.000000220. The Hall–Kier alpha value is -11.8. The highest BCUT2D eigenvalue weighted by atomic mass is 32.2. The van der Waals surface area contributed by atoms with Crippen LogP contribution < -0.4 is 69.6 Å². The number of esters is 1. The van der Waals surface area contributed by atoms with E-state index in [1.165, 1.54) is 62.6 Å². The van der Waals surface area contributed by atoms with E-state index in [1.807, 2.05) is 105 Å². The number of ether oxygens (including phenoxy) is 7. The van der Waals surface area contributed by atoms with Crippen molar-refractivity contribution in [3.05, 3.63) is 206 Å². The minimum Gasteiger partial charge on any atom is -0.497 e.